The van der Waals surface area contributed by atoms with Crippen molar-refractivity contribution in [2.24, 2.45) is 0 Å². The number of esters is 1. The van der Waals surface area contributed by atoms with E-state index >= 15 is 0 Å². The van der Waals surface area contributed by atoms with E-state index in [1.54, 1.807) is 25.2 Å². The van der Waals surface area contributed by atoms with E-state index < -0.39 is 49.4 Å². The zero-order valence-electron chi connectivity index (χ0n) is 17.8. The molecule has 0 amide bonds. The highest BCUT2D eigenvalue weighted by Gasteiger charge is 2.45. The molecule has 5 N–H and O–H groups in total. The van der Waals surface area contributed by atoms with Gasteiger partial charge in [0.1, 0.15) is 47.6 Å². The van der Waals surface area contributed by atoms with Gasteiger partial charge >= 0.3 is 5.97 Å². The average Bonchev–Trinajstić information content (AvgIpc) is 2.77. The van der Waals surface area contributed by atoms with Crippen LogP contribution in [0.25, 0.3) is 0 Å². The number of carbonyl (C=O) groups is 1. The molecule has 32 heavy (non-hydrogen) atoms. The Bertz CT molecular complexity index is 919. The number of carbonyl (C=O) groups excluding carboxylic acids is 1. The van der Waals surface area contributed by atoms with Crippen LogP contribution in [0.4, 0.5) is 0 Å². The standard InChI is InChI=1S/C23H28O9/c1-3-4-5-6-7-8-13-9-14-12(2)15(25)10-16(18(14)22(29)30-13)31-23-21(28)20(27)19(26)17(11-24)32-23/h3-8,10,13,17,19-21,23-28H,9,11H2,1-2H3/b4-3+,6-5+,8-7+/t13-,17-,19-,20+,21-,23-/m1/s1. The summed E-state index contributed by atoms with van der Waals surface area (Å²) in [6.45, 7) is 2.94. The quantitative estimate of drug-likeness (QED) is 0.313. The second-order valence-electron chi connectivity index (χ2n) is 7.63. The third kappa shape index (κ3) is 4.87. The lowest BCUT2D eigenvalue weighted by Gasteiger charge is -2.40. The number of hydrogen-bond acceptors (Lipinski definition) is 9. The zero-order chi connectivity index (χ0) is 23.4. The maximum absolute atomic E-state index is 12.8. The Labute approximate surface area is 185 Å². The smallest absolute Gasteiger partial charge is 0.342 e. The van der Waals surface area contributed by atoms with Crippen molar-refractivity contribution in [2.45, 2.75) is 57.1 Å². The Balaban J connectivity index is 1.88. The van der Waals surface area contributed by atoms with Crippen LogP contribution >= 0.6 is 0 Å². The van der Waals surface area contributed by atoms with E-state index in [1.165, 1.54) is 6.07 Å². The lowest BCUT2D eigenvalue weighted by Crippen LogP contribution is -2.60. The topological polar surface area (TPSA) is 146 Å². The van der Waals surface area contributed by atoms with Crippen molar-refractivity contribution in [1.29, 1.82) is 0 Å². The average molecular weight is 448 g/mol. The summed E-state index contributed by atoms with van der Waals surface area (Å²) in [7, 11) is 0. The Morgan fingerprint density at radius 2 is 1.84 bits per heavy atom. The first kappa shape index (κ1) is 24.0. The Morgan fingerprint density at radius 3 is 2.53 bits per heavy atom. The first-order valence-electron chi connectivity index (χ1n) is 10.3. The predicted octanol–water partition coefficient (Wildman–Crippen LogP) is 0.649. The number of hydrogen-bond donors (Lipinski definition) is 5. The Kier molecular flexibility index (Phi) is 7.70. The van der Waals surface area contributed by atoms with Gasteiger partial charge in [0, 0.05) is 12.5 Å². The summed E-state index contributed by atoms with van der Waals surface area (Å²) in [6, 6.07) is 1.20. The molecular weight excluding hydrogens is 420 g/mol. The van der Waals surface area contributed by atoms with Crippen LogP contribution in [0, 0.1) is 6.92 Å². The van der Waals surface area contributed by atoms with Gasteiger partial charge in [-0.1, -0.05) is 30.4 Å². The SMILES string of the molecule is C/C=C/C=C/C=C/[C@@H]1Cc2c(C)c(O)cc(O[C@@H]3O[C@H](CO)[C@@H](O)[C@H](O)[C@H]3O)c2C(=O)O1. The molecule has 6 atom stereocenters. The molecule has 1 fully saturated rings. The number of allylic oxidation sites excluding steroid dienone is 5. The van der Waals surface area contributed by atoms with Crippen LogP contribution < -0.4 is 4.74 Å². The molecule has 0 spiro atoms. The molecule has 0 saturated carbocycles. The number of ether oxygens (including phenoxy) is 3. The highest BCUT2D eigenvalue weighted by Crippen LogP contribution is 2.38. The molecule has 174 valence electrons. The van der Waals surface area contributed by atoms with Gasteiger partial charge < -0.3 is 39.7 Å². The Morgan fingerprint density at radius 1 is 1.12 bits per heavy atom. The van der Waals surface area contributed by atoms with E-state index in [4.69, 9.17) is 14.2 Å². The number of cyclic esters (lactones) is 1. The minimum atomic E-state index is -1.66. The fraction of sp³-hybridized carbons (Fsp3) is 0.435. The molecule has 9 nitrogen and oxygen atoms in total. The van der Waals surface area contributed by atoms with E-state index in [-0.39, 0.29) is 17.1 Å². The van der Waals surface area contributed by atoms with Gasteiger partial charge in [-0.15, -0.1) is 0 Å². The second-order valence-corrected chi connectivity index (χ2v) is 7.63. The monoisotopic (exact) mass is 448 g/mol. The normalized spacial score (nSPS) is 30.8. The molecule has 0 aliphatic carbocycles. The van der Waals surface area contributed by atoms with Crippen LogP contribution in [0.3, 0.4) is 0 Å². The molecule has 2 aliphatic rings. The van der Waals surface area contributed by atoms with Gasteiger partial charge in [-0.25, -0.2) is 4.79 Å². The van der Waals surface area contributed by atoms with Crippen molar-refractivity contribution >= 4 is 5.97 Å². The minimum absolute atomic E-state index is 0.0753. The van der Waals surface area contributed by atoms with Crippen LogP contribution in [-0.2, 0) is 15.9 Å². The number of aromatic hydroxyl groups is 1. The molecule has 1 saturated heterocycles. The van der Waals surface area contributed by atoms with E-state index in [0.29, 0.717) is 17.5 Å². The second kappa shape index (κ2) is 10.3. The molecule has 2 heterocycles. The number of benzene rings is 1. The molecule has 1 aromatic rings. The van der Waals surface area contributed by atoms with E-state index in [1.807, 2.05) is 25.2 Å². The van der Waals surface area contributed by atoms with Crippen LogP contribution in [0.5, 0.6) is 11.5 Å². The largest absolute Gasteiger partial charge is 0.508 e. The summed E-state index contributed by atoms with van der Waals surface area (Å²) in [6.07, 6.45) is 3.07. The summed E-state index contributed by atoms with van der Waals surface area (Å²) in [4.78, 5) is 12.8. The predicted molar refractivity (Wildman–Crippen MR) is 113 cm³/mol. The molecule has 3 rings (SSSR count). The van der Waals surface area contributed by atoms with Crippen LogP contribution in [0.2, 0.25) is 0 Å². The van der Waals surface area contributed by atoms with Crippen LogP contribution in [0.1, 0.15) is 28.4 Å². The number of aliphatic hydroxyl groups is 4. The lowest BCUT2D eigenvalue weighted by molar-refractivity contribution is -0.277. The summed E-state index contributed by atoms with van der Waals surface area (Å²) < 4.78 is 16.5. The maximum Gasteiger partial charge on any atom is 0.342 e. The highest BCUT2D eigenvalue weighted by atomic mass is 16.7. The van der Waals surface area contributed by atoms with Crippen molar-refractivity contribution in [3.05, 3.63) is 59.2 Å². The number of aliphatic hydroxyl groups excluding tert-OH is 4. The fourth-order valence-corrected chi connectivity index (χ4v) is 3.63. The molecule has 9 heteroatoms. The first-order chi connectivity index (χ1) is 15.3. The van der Waals surface area contributed by atoms with Crippen LogP contribution in [-0.4, -0.2) is 74.9 Å². The third-order valence-corrected chi connectivity index (χ3v) is 5.46. The maximum atomic E-state index is 12.8. The molecule has 0 aromatic heterocycles. The van der Waals surface area contributed by atoms with Gasteiger partial charge in [-0.05, 0) is 31.1 Å². The summed E-state index contributed by atoms with van der Waals surface area (Å²) in [5, 5.41) is 49.9. The summed E-state index contributed by atoms with van der Waals surface area (Å²) >= 11 is 0. The van der Waals surface area contributed by atoms with Crippen molar-refractivity contribution in [2.75, 3.05) is 6.61 Å². The van der Waals surface area contributed by atoms with Gasteiger partial charge in [0.05, 0.1) is 6.61 Å². The minimum Gasteiger partial charge on any atom is -0.508 e. The molecule has 0 bridgehead atoms. The van der Waals surface area contributed by atoms with Crippen LogP contribution in [0.15, 0.2) is 42.5 Å². The van der Waals surface area contributed by atoms with E-state index in [2.05, 4.69) is 0 Å². The number of rotatable bonds is 6. The first-order valence-corrected chi connectivity index (χ1v) is 10.3. The highest BCUT2D eigenvalue weighted by molar-refractivity contribution is 5.96. The van der Waals surface area contributed by atoms with Gasteiger partial charge in [0.25, 0.3) is 0 Å². The van der Waals surface area contributed by atoms with Crippen molar-refractivity contribution in [3.8, 4) is 11.5 Å². The Hall–Kier alpha value is -2.69. The van der Waals surface area contributed by atoms with E-state index in [9.17, 15) is 30.3 Å². The summed E-state index contributed by atoms with van der Waals surface area (Å²) in [5.74, 6) is -0.914. The van der Waals surface area contributed by atoms with Gasteiger partial charge in [0.15, 0.2) is 0 Å². The fourth-order valence-electron chi connectivity index (χ4n) is 3.63. The van der Waals surface area contributed by atoms with Crippen molar-refractivity contribution in [3.63, 3.8) is 0 Å². The zero-order valence-corrected chi connectivity index (χ0v) is 17.8. The molecule has 0 unspecified atom stereocenters. The van der Waals surface area contributed by atoms with Gasteiger partial charge in [-0.3, -0.25) is 0 Å². The molecule has 1 aromatic carbocycles. The molecule has 0 radical (unpaired) electrons. The van der Waals surface area contributed by atoms with Crippen molar-refractivity contribution < 1.29 is 44.5 Å². The number of phenols is 1. The van der Waals surface area contributed by atoms with Crippen molar-refractivity contribution in [1.82, 2.24) is 0 Å². The number of fused-ring (bicyclic) bond motifs is 1. The lowest BCUT2D eigenvalue weighted by atomic mass is 9.92. The third-order valence-electron chi connectivity index (χ3n) is 5.46. The van der Waals surface area contributed by atoms with Gasteiger partial charge in [0.2, 0.25) is 6.29 Å². The van der Waals surface area contributed by atoms with Gasteiger partial charge in [-0.2, -0.15) is 0 Å². The van der Waals surface area contributed by atoms with E-state index in [0.717, 1.165) is 0 Å². The molecular formula is C23H28O9. The summed E-state index contributed by atoms with van der Waals surface area (Å²) in [5.41, 5.74) is 1.08. The molecule has 2 aliphatic heterocycles. The number of phenolic OH excluding ortho intramolecular Hbond substituents is 1.